The van der Waals surface area contributed by atoms with Gasteiger partial charge in [-0.2, -0.15) is 11.8 Å². The highest BCUT2D eigenvalue weighted by atomic mass is 79.9. The number of nitrogens with one attached hydrogen (secondary N) is 1. The number of rotatable bonds is 5. The summed E-state index contributed by atoms with van der Waals surface area (Å²) in [7, 11) is 0. The van der Waals surface area contributed by atoms with Crippen molar-refractivity contribution in [1.29, 1.82) is 0 Å². The van der Waals surface area contributed by atoms with Gasteiger partial charge in [-0.05, 0) is 43.6 Å². The Hall–Kier alpha value is -0.550. The topological polar surface area (TPSA) is 29.1 Å². The first-order chi connectivity index (χ1) is 8.04. The van der Waals surface area contributed by atoms with Crippen LogP contribution in [0.2, 0.25) is 0 Å². The molecule has 1 aromatic rings. The molecule has 0 radical (unpaired) electrons. The number of benzene rings is 1. The van der Waals surface area contributed by atoms with Gasteiger partial charge in [-0.15, -0.1) is 0 Å². The predicted octanol–water partition coefficient (Wildman–Crippen LogP) is 3.46. The Morgan fingerprint density at radius 1 is 1.59 bits per heavy atom. The van der Waals surface area contributed by atoms with E-state index in [4.69, 9.17) is 0 Å². The van der Waals surface area contributed by atoms with E-state index in [2.05, 4.69) is 21.2 Å². The summed E-state index contributed by atoms with van der Waals surface area (Å²) in [6.45, 7) is 1.92. The van der Waals surface area contributed by atoms with Crippen molar-refractivity contribution in [1.82, 2.24) is 5.32 Å². The Bertz CT molecular complexity index is 400. The monoisotopic (exact) mass is 319 g/mol. The second kappa shape index (κ2) is 7.01. The third-order valence-electron chi connectivity index (χ3n) is 2.31. The van der Waals surface area contributed by atoms with Gasteiger partial charge in [0.15, 0.2) is 0 Å². The lowest BCUT2D eigenvalue weighted by Gasteiger charge is -2.13. The Balaban J connectivity index is 2.66. The van der Waals surface area contributed by atoms with Crippen LogP contribution < -0.4 is 5.32 Å². The molecule has 1 N–H and O–H groups in total. The van der Waals surface area contributed by atoms with E-state index in [1.54, 1.807) is 17.8 Å². The second-order valence-electron chi connectivity index (χ2n) is 3.78. The molecule has 0 heterocycles. The molecule has 5 heteroatoms. The first-order valence-corrected chi connectivity index (χ1v) is 7.48. The van der Waals surface area contributed by atoms with Crippen LogP contribution in [0, 0.1) is 5.82 Å². The smallest absolute Gasteiger partial charge is 0.254 e. The minimum Gasteiger partial charge on any atom is -0.349 e. The van der Waals surface area contributed by atoms with Crippen molar-refractivity contribution in [2.45, 2.75) is 19.4 Å². The molecule has 0 spiro atoms. The van der Waals surface area contributed by atoms with Gasteiger partial charge in [0.25, 0.3) is 5.91 Å². The molecule has 1 atom stereocenters. The maximum atomic E-state index is 13.4. The van der Waals surface area contributed by atoms with Crippen LogP contribution in [0.4, 0.5) is 4.39 Å². The lowest BCUT2D eigenvalue weighted by atomic mass is 10.1. The fourth-order valence-corrected chi connectivity index (χ4v) is 2.29. The average Bonchev–Trinajstić information content (AvgIpc) is 2.29. The lowest BCUT2D eigenvalue weighted by molar-refractivity contribution is 0.0935. The zero-order valence-electron chi connectivity index (χ0n) is 9.80. The van der Waals surface area contributed by atoms with Gasteiger partial charge in [-0.25, -0.2) is 4.39 Å². The molecule has 1 rings (SSSR count). The van der Waals surface area contributed by atoms with Crippen molar-refractivity contribution in [3.05, 3.63) is 34.1 Å². The van der Waals surface area contributed by atoms with Crippen LogP contribution in [0.25, 0.3) is 0 Å². The zero-order valence-corrected chi connectivity index (χ0v) is 12.2. The molecule has 0 bridgehead atoms. The van der Waals surface area contributed by atoms with E-state index in [1.807, 2.05) is 13.2 Å². The molecule has 17 heavy (non-hydrogen) atoms. The molecule has 2 nitrogen and oxygen atoms in total. The molecule has 94 valence electrons. The first-order valence-electron chi connectivity index (χ1n) is 5.29. The molecule has 1 aromatic carbocycles. The van der Waals surface area contributed by atoms with Crippen molar-refractivity contribution in [2.75, 3.05) is 12.0 Å². The minimum atomic E-state index is -0.497. The van der Waals surface area contributed by atoms with Gasteiger partial charge in [0, 0.05) is 10.5 Å². The zero-order chi connectivity index (χ0) is 12.8. The first kappa shape index (κ1) is 14.5. The van der Waals surface area contributed by atoms with E-state index in [1.165, 1.54) is 12.1 Å². The van der Waals surface area contributed by atoms with Crippen LogP contribution >= 0.6 is 27.7 Å². The predicted molar refractivity (Wildman–Crippen MR) is 74.0 cm³/mol. The molecular formula is C12H15BrFNOS. The maximum absolute atomic E-state index is 13.4. The summed E-state index contributed by atoms with van der Waals surface area (Å²) >= 11 is 4.95. The fourth-order valence-electron chi connectivity index (χ4n) is 1.34. The number of amides is 1. The molecule has 0 saturated heterocycles. The normalized spacial score (nSPS) is 12.2. The van der Waals surface area contributed by atoms with E-state index >= 15 is 0 Å². The number of hydrogen-bond acceptors (Lipinski definition) is 2. The number of thioether (sulfide) groups is 1. The maximum Gasteiger partial charge on any atom is 0.254 e. The van der Waals surface area contributed by atoms with Crippen molar-refractivity contribution in [3.63, 3.8) is 0 Å². The van der Waals surface area contributed by atoms with Gasteiger partial charge in [-0.3, -0.25) is 4.79 Å². The van der Waals surface area contributed by atoms with Gasteiger partial charge in [0.05, 0.1) is 5.56 Å². The molecule has 0 fully saturated rings. The van der Waals surface area contributed by atoms with Crippen LogP contribution in [-0.4, -0.2) is 24.0 Å². The van der Waals surface area contributed by atoms with E-state index in [0.717, 1.165) is 12.2 Å². The third kappa shape index (κ3) is 4.68. The molecule has 0 aliphatic rings. The number of carbonyl (C=O) groups is 1. The Morgan fingerprint density at radius 3 is 2.94 bits per heavy atom. The van der Waals surface area contributed by atoms with Gasteiger partial charge in [0.2, 0.25) is 0 Å². The number of carbonyl (C=O) groups excluding carboxylic acids is 1. The molecule has 0 aliphatic heterocycles. The van der Waals surface area contributed by atoms with E-state index in [0.29, 0.717) is 4.47 Å². The summed E-state index contributed by atoms with van der Waals surface area (Å²) in [6, 6.07) is 4.40. The van der Waals surface area contributed by atoms with Gasteiger partial charge in [0.1, 0.15) is 5.82 Å². The molecule has 1 amide bonds. The summed E-state index contributed by atoms with van der Waals surface area (Å²) in [5.74, 6) is 0.114. The van der Waals surface area contributed by atoms with Crippen molar-refractivity contribution >= 4 is 33.6 Å². The average molecular weight is 320 g/mol. The number of halogens is 2. The van der Waals surface area contributed by atoms with Crippen molar-refractivity contribution in [3.8, 4) is 0 Å². The standard InChI is InChI=1S/C12H15BrFNOS/c1-8(5-6-17-2)15-12(16)10-7-9(13)3-4-11(10)14/h3-4,7-8H,5-6H2,1-2H3,(H,15,16). The SMILES string of the molecule is CSCCC(C)NC(=O)c1cc(Br)ccc1F. The molecule has 0 saturated carbocycles. The summed E-state index contributed by atoms with van der Waals surface area (Å²) in [5, 5.41) is 2.79. The van der Waals surface area contributed by atoms with Crippen molar-refractivity contribution in [2.24, 2.45) is 0 Å². The number of hydrogen-bond donors (Lipinski definition) is 1. The molecule has 0 aliphatic carbocycles. The quantitative estimate of drug-likeness (QED) is 0.900. The highest BCUT2D eigenvalue weighted by Crippen LogP contribution is 2.15. The summed E-state index contributed by atoms with van der Waals surface area (Å²) < 4.78 is 14.1. The fraction of sp³-hybridized carbons (Fsp3) is 0.417. The summed E-state index contributed by atoms with van der Waals surface area (Å²) in [4.78, 5) is 11.8. The molecule has 1 unspecified atom stereocenters. The second-order valence-corrected chi connectivity index (χ2v) is 5.68. The molecule has 0 aromatic heterocycles. The van der Waals surface area contributed by atoms with Crippen LogP contribution in [0.1, 0.15) is 23.7 Å². The van der Waals surface area contributed by atoms with E-state index in [9.17, 15) is 9.18 Å². The highest BCUT2D eigenvalue weighted by Gasteiger charge is 2.14. The summed E-state index contributed by atoms with van der Waals surface area (Å²) in [6.07, 6.45) is 2.89. The van der Waals surface area contributed by atoms with Gasteiger partial charge < -0.3 is 5.32 Å². The Labute approximate surface area is 113 Å². The molecular weight excluding hydrogens is 305 g/mol. The summed E-state index contributed by atoms with van der Waals surface area (Å²) in [5.41, 5.74) is 0.0791. The minimum absolute atomic E-state index is 0.0494. The van der Waals surface area contributed by atoms with Crippen molar-refractivity contribution < 1.29 is 9.18 Å². The van der Waals surface area contributed by atoms with E-state index < -0.39 is 5.82 Å². The lowest BCUT2D eigenvalue weighted by Crippen LogP contribution is -2.33. The van der Waals surface area contributed by atoms with Crippen LogP contribution in [0.3, 0.4) is 0 Å². The van der Waals surface area contributed by atoms with Gasteiger partial charge >= 0.3 is 0 Å². The Morgan fingerprint density at radius 2 is 2.29 bits per heavy atom. The highest BCUT2D eigenvalue weighted by molar-refractivity contribution is 9.10. The third-order valence-corrected chi connectivity index (χ3v) is 3.44. The largest absolute Gasteiger partial charge is 0.349 e. The van der Waals surface area contributed by atoms with Crippen LogP contribution in [-0.2, 0) is 0 Å². The van der Waals surface area contributed by atoms with Gasteiger partial charge in [-0.1, -0.05) is 15.9 Å². The van der Waals surface area contributed by atoms with E-state index in [-0.39, 0.29) is 17.5 Å². The van der Waals surface area contributed by atoms with Crippen LogP contribution in [0.15, 0.2) is 22.7 Å². The van der Waals surface area contributed by atoms with Crippen LogP contribution in [0.5, 0.6) is 0 Å². The Kier molecular flexibility index (Phi) is 5.98.